The molecule has 2 N–H and O–H groups in total. The van der Waals surface area contributed by atoms with Crippen molar-refractivity contribution in [3.8, 4) is 0 Å². The second-order valence-corrected chi connectivity index (χ2v) is 19.5. The summed E-state index contributed by atoms with van der Waals surface area (Å²) in [6.45, 7) is 26.2. The molecule has 1 aliphatic carbocycles. The van der Waals surface area contributed by atoms with Crippen molar-refractivity contribution in [2.24, 2.45) is 50.5 Å². The third-order valence-electron chi connectivity index (χ3n) is 14.3. The molecule has 6 rings (SSSR count). The molecule has 5 atom stereocenters. The van der Waals surface area contributed by atoms with Crippen LogP contribution in [0.1, 0.15) is 146 Å². The van der Waals surface area contributed by atoms with E-state index in [-0.39, 0.29) is 36.6 Å². The molecule has 344 valence electrons. The van der Waals surface area contributed by atoms with Crippen molar-refractivity contribution < 1.29 is 24.2 Å². The van der Waals surface area contributed by atoms with Crippen LogP contribution >= 0.6 is 0 Å². The maximum Gasteiger partial charge on any atom is 0.321 e. The van der Waals surface area contributed by atoms with E-state index in [4.69, 9.17) is 24.5 Å². The molecule has 0 spiro atoms. The predicted octanol–water partition coefficient (Wildman–Crippen LogP) is 13.0. The molecule has 1 saturated heterocycles. The molecule has 8 bridgehead atoms. The largest absolute Gasteiger partial charge is 0.510 e. The first kappa shape index (κ1) is 48.4. The summed E-state index contributed by atoms with van der Waals surface area (Å²) < 4.78 is 11.1. The van der Waals surface area contributed by atoms with Crippen LogP contribution in [-0.4, -0.2) is 47.9 Å². The summed E-state index contributed by atoms with van der Waals surface area (Å²) in [5.41, 5.74) is 13.3. The highest BCUT2D eigenvalue weighted by Crippen LogP contribution is 2.49. The number of rotatable bonds is 20. The lowest BCUT2D eigenvalue weighted by molar-refractivity contribution is -0.144. The Hall–Kier alpha value is -5.05. The second kappa shape index (κ2) is 21.3. The monoisotopic (exact) mass is 871 g/mol. The molecule has 0 saturated carbocycles. The summed E-state index contributed by atoms with van der Waals surface area (Å²) in [5.74, 6) is -0.0182. The highest BCUT2D eigenvalue weighted by Gasteiger charge is 2.49. The minimum absolute atomic E-state index is 0.0838. The minimum Gasteiger partial charge on any atom is -0.510 e. The van der Waals surface area contributed by atoms with Crippen molar-refractivity contribution in [3.63, 3.8) is 0 Å². The normalized spacial score (nSPS) is 22.8. The fourth-order valence-electron chi connectivity index (χ4n) is 10.2. The Balaban J connectivity index is 1.20. The summed E-state index contributed by atoms with van der Waals surface area (Å²) in [4.78, 5) is 42.4. The van der Waals surface area contributed by atoms with Crippen LogP contribution in [0.4, 0.5) is 0 Å². The number of allylic oxidation sites excluding steroid dienone is 12. The standard InChI is InChI=1S/C55H74N4O5/c1-13-39-35(8)42-28-44-37(10)41(24-25-48(60)64-27-26-34(7)23-17-22-33(6)21-16-20-32(5)19-15-18-31(3)4)52(58-44)50-51(55(62)63-12)54(61)49-38(11)45(59-53(49)50)30-47-40(14-2)36(9)43(57-47)29-46(39)56-42/h13,26,28-33,37,41,51,58,61H,1,14-25,27H2,2-12H3/b34-26+,44-28?,46-29?,47-30?,52-50?/t32-,33-,37+,41+,51-/m1/s1. The van der Waals surface area contributed by atoms with Crippen molar-refractivity contribution >= 4 is 29.1 Å². The molecule has 0 aromatic rings. The number of aliphatic imine (C=N–C) groups is 3. The molecule has 0 aromatic heterocycles. The second-order valence-electron chi connectivity index (χ2n) is 19.5. The van der Waals surface area contributed by atoms with Crippen LogP contribution < -0.4 is 5.32 Å². The summed E-state index contributed by atoms with van der Waals surface area (Å²) in [5, 5.41) is 15.6. The third-order valence-corrected chi connectivity index (χ3v) is 14.3. The molecule has 0 aromatic carbocycles. The van der Waals surface area contributed by atoms with E-state index < -0.39 is 11.9 Å². The molecule has 0 amide bonds. The average molecular weight is 871 g/mol. The molecular weight excluding hydrogens is 797 g/mol. The lowest BCUT2D eigenvalue weighted by Gasteiger charge is -2.20. The highest BCUT2D eigenvalue weighted by atomic mass is 16.5. The summed E-state index contributed by atoms with van der Waals surface area (Å²) >= 11 is 0. The van der Waals surface area contributed by atoms with E-state index in [1.807, 2.05) is 38.2 Å². The molecule has 5 heterocycles. The highest BCUT2D eigenvalue weighted by molar-refractivity contribution is 6.24. The zero-order valence-corrected chi connectivity index (χ0v) is 40.7. The number of methoxy groups -OCH3 is 1. The fourth-order valence-corrected chi connectivity index (χ4v) is 10.2. The molecule has 6 aliphatic rings. The van der Waals surface area contributed by atoms with Gasteiger partial charge in [0.05, 0.1) is 41.3 Å². The van der Waals surface area contributed by atoms with Crippen LogP contribution in [0, 0.1) is 35.5 Å². The van der Waals surface area contributed by atoms with E-state index in [0.717, 1.165) is 99.1 Å². The van der Waals surface area contributed by atoms with E-state index in [9.17, 15) is 14.7 Å². The van der Waals surface area contributed by atoms with E-state index in [1.165, 1.54) is 57.6 Å². The van der Waals surface area contributed by atoms with Crippen molar-refractivity contribution in [2.75, 3.05) is 13.7 Å². The lowest BCUT2D eigenvalue weighted by Crippen LogP contribution is -2.25. The fraction of sp³-hybridized carbons (Fsp3) is 0.545. The van der Waals surface area contributed by atoms with Crippen LogP contribution in [-0.2, 0) is 19.1 Å². The molecule has 9 heteroatoms. The minimum atomic E-state index is -1.08. The van der Waals surface area contributed by atoms with Gasteiger partial charge >= 0.3 is 11.9 Å². The Bertz CT molecular complexity index is 2300. The molecule has 64 heavy (non-hydrogen) atoms. The zero-order valence-electron chi connectivity index (χ0n) is 40.7. The van der Waals surface area contributed by atoms with Crippen molar-refractivity contribution in [1.82, 2.24) is 5.32 Å². The maximum atomic E-state index is 13.6. The summed E-state index contributed by atoms with van der Waals surface area (Å²) in [6.07, 6.45) is 22.7. The van der Waals surface area contributed by atoms with Gasteiger partial charge in [0.25, 0.3) is 0 Å². The summed E-state index contributed by atoms with van der Waals surface area (Å²) in [7, 11) is 1.33. The number of hydrogen-bond donors (Lipinski definition) is 2. The predicted molar refractivity (Wildman–Crippen MR) is 262 cm³/mol. The smallest absolute Gasteiger partial charge is 0.321 e. The first-order chi connectivity index (χ1) is 30.6. The number of carbonyl (C=O) groups is 2. The van der Waals surface area contributed by atoms with Gasteiger partial charge in [0.2, 0.25) is 0 Å². The van der Waals surface area contributed by atoms with E-state index in [1.54, 1.807) is 0 Å². The van der Waals surface area contributed by atoms with Gasteiger partial charge in [-0.15, -0.1) is 0 Å². The Labute approximate surface area is 383 Å². The zero-order chi connectivity index (χ0) is 46.4. The van der Waals surface area contributed by atoms with Crippen LogP contribution in [0.5, 0.6) is 0 Å². The van der Waals surface area contributed by atoms with E-state index >= 15 is 0 Å². The SMILES string of the molecule is C=CC1=C(C)C2=NC1=CC1=NC(=CC3=C(C)C4=C(O)[C@H](C(=O)OC)C(=C5NC(=C2)[C@@H](C)[C@@H]5CCC(=O)OC/C=C(\C)CCC[C@H](C)CCC[C@H](C)CCCC(C)C)C4=N3)C(CC)=C1C. The third kappa shape index (κ3) is 10.6. The number of aliphatic hydroxyl groups is 1. The first-order valence-corrected chi connectivity index (χ1v) is 24.1. The average Bonchev–Trinajstić information content (AvgIpc) is 3.99. The maximum absolute atomic E-state index is 13.6. The van der Waals surface area contributed by atoms with Crippen LogP contribution in [0.3, 0.4) is 0 Å². The number of ether oxygens (including phenoxy) is 2. The molecule has 0 unspecified atom stereocenters. The number of nitrogens with one attached hydrogen (secondary N) is 1. The van der Waals surface area contributed by atoms with E-state index in [2.05, 4.69) is 73.4 Å². The Kier molecular flexibility index (Phi) is 16.1. The molecule has 0 radical (unpaired) electrons. The van der Waals surface area contributed by atoms with Gasteiger partial charge in [0.15, 0.2) is 0 Å². The van der Waals surface area contributed by atoms with Crippen LogP contribution in [0.25, 0.3) is 0 Å². The Morgan fingerprint density at radius 2 is 1.53 bits per heavy atom. The molecular formula is C55H74N4O5. The topological polar surface area (TPSA) is 122 Å². The van der Waals surface area contributed by atoms with Gasteiger partial charge in [-0.1, -0.05) is 105 Å². The van der Waals surface area contributed by atoms with Gasteiger partial charge in [-0.3, -0.25) is 9.59 Å². The van der Waals surface area contributed by atoms with Gasteiger partial charge in [-0.25, -0.2) is 15.0 Å². The van der Waals surface area contributed by atoms with Crippen molar-refractivity contribution in [2.45, 2.75) is 146 Å². The van der Waals surface area contributed by atoms with Crippen LogP contribution in [0.15, 0.2) is 131 Å². The number of esters is 2. The number of hydrogen-bond acceptors (Lipinski definition) is 9. The van der Waals surface area contributed by atoms with Gasteiger partial charge in [-0.05, 0) is 118 Å². The molecule has 5 aliphatic heterocycles. The van der Waals surface area contributed by atoms with Gasteiger partial charge in [0, 0.05) is 46.4 Å². The quantitative estimate of drug-likeness (QED) is 0.0928. The van der Waals surface area contributed by atoms with E-state index in [0.29, 0.717) is 29.0 Å². The van der Waals surface area contributed by atoms with Crippen LogP contribution in [0.2, 0.25) is 0 Å². The summed E-state index contributed by atoms with van der Waals surface area (Å²) in [6, 6.07) is 0. The number of aliphatic hydroxyl groups excluding tert-OH is 1. The number of carbonyl (C=O) groups excluding carboxylic acids is 2. The van der Waals surface area contributed by atoms with Crippen molar-refractivity contribution in [3.05, 3.63) is 116 Å². The Morgan fingerprint density at radius 1 is 0.875 bits per heavy atom. The number of fused-ring (bicyclic) bond motifs is 5. The molecule has 1 fully saturated rings. The first-order valence-electron chi connectivity index (χ1n) is 24.1. The van der Waals surface area contributed by atoms with Gasteiger partial charge in [-0.2, -0.15) is 0 Å². The van der Waals surface area contributed by atoms with Crippen molar-refractivity contribution in [1.29, 1.82) is 0 Å². The lowest BCUT2D eigenvalue weighted by atomic mass is 9.84. The Morgan fingerprint density at radius 3 is 2.19 bits per heavy atom. The van der Waals surface area contributed by atoms with Gasteiger partial charge in [0.1, 0.15) is 18.3 Å². The van der Waals surface area contributed by atoms with Gasteiger partial charge < -0.3 is 19.9 Å². The molecule has 9 nitrogen and oxygen atoms in total. The number of nitrogens with zero attached hydrogens (tertiary/aromatic N) is 3.